The maximum Gasteiger partial charge on any atom is 0.191 e. The topological polar surface area (TPSA) is 58.1 Å². The Morgan fingerprint density at radius 3 is 2.42 bits per heavy atom. The van der Waals surface area contributed by atoms with Crippen LogP contribution in [0.25, 0.3) is 0 Å². The first-order valence-electron chi connectivity index (χ1n) is 8.92. The van der Waals surface area contributed by atoms with Crippen molar-refractivity contribution < 1.29 is 9.47 Å². The Balaban J connectivity index is 0.00000625. The van der Waals surface area contributed by atoms with Crippen LogP contribution in [-0.2, 0) is 11.3 Å². The summed E-state index contributed by atoms with van der Waals surface area (Å²) in [5, 5.41) is 6.67. The van der Waals surface area contributed by atoms with Crippen molar-refractivity contribution in [3.05, 3.63) is 29.8 Å². The molecule has 0 spiro atoms. The van der Waals surface area contributed by atoms with Crippen LogP contribution in [0.5, 0.6) is 5.75 Å². The number of benzene rings is 1. The largest absolute Gasteiger partial charge is 0.491 e. The summed E-state index contributed by atoms with van der Waals surface area (Å²) >= 11 is 0. The van der Waals surface area contributed by atoms with Gasteiger partial charge in [-0.1, -0.05) is 12.1 Å². The van der Waals surface area contributed by atoms with Gasteiger partial charge < -0.3 is 25.0 Å². The number of ether oxygens (including phenoxy) is 2. The number of rotatable bonds is 11. The van der Waals surface area contributed by atoms with E-state index in [1.165, 1.54) is 5.56 Å². The second kappa shape index (κ2) is 15.0. The molecular weight excluding hydrogens is 443 g/mol. The Kier molecular flexibility index (Phi) is 14.4. The molecule has 0 radical (unpaired) electrons. The maximum atomic E-state index is 5.66. The molecule has 1 aromatic rings. The van der Waals surface area contributed by atoms with E-state index in [1.54, 1.807) is 14.2 Å². The molecule has 0 bridgehead atoms. The van der Waals surface area contributed by atoms with Crippen LogP contribution in [0.15, 0.2) is 29.3 Å². The van der Waals surface area contributed by atoms with Crippen molar-refractivity contribution in [2.45, 2.75) is 32.9 Å². The summed E-state index contributed by atoms with van der Waals surface area (Å²) in [6.45, 7) is 8.44. The Bertz CT molecular complexity index is 495. The van der Waals surface area contributed by atoms with E-state index in [0.29, 0.717) is 0 Å². The zero-order chi connectivity index (χ0) is 18.5. The predicted molar refractivity (Wildman–Crippen MR) is 120 cm³/mol. The third-order valence-corrected chi connectivity index (χ3v) is 3.65. The number of nitrogens with zero attached hydrogens (tertiary/aromatic N) is 2. The van der Waals surface area contributed by atoms with Crippen LogP contribution in [0.1, 0.15) is 25.8 Å². The van der Waals surface area contributed by atoms with Crippen LogP contribution in [0.3, 0.4) is 0 Å². The molecule has 2 N–H and O–H groups in total. The minimum absolute atomic E-state index is 0. The highest BCUT2D eigenvalue weighted by atomic mass is 127. The molecule has 0 unspecified atom stereocenters. The molecular formula is C19H35IN4O2. The smallest absolute Gasteiger partial charge is 0.191 e. The lowest BCUT2D eigenvalue weighted by Gasteiger charge is -2.18. The first-order valence-corrected chi connectivity index (χ1v) is 8.92. The summed E-state index contributed by atoms with van der Waals surface area (Å²) < 4.78 is 10.7. The fourth-order valence-corrected chi connectivity index (χ4v) is 2.32. The molecule has 0 heterocycles. The predicted octanol–water partition coefficient (Wildman–Crippen LogP) is 2.73. The molecule has 0 aliphatic rings. The van der Waals surface area contributed by atoms with Crippen molar-refractivity contribution in [2.24, 2.45) is 4.99 Å². The van der Waals surface area contributed by atoms with Crippen LogP contribution in [0.4, 0.5) is 0 Å². The zero-order valence-corrected chi connectivity index (χ0v) is 19.1. The Morgan fingerprint density at radius 1 is 1.15 bits per heavy atom. The normalized spacial score (nSPS) is 11.4. The molecule has 1 rings (SSSR count). The third kappa shape index (κ3) is 11.5. The molecule has 6 nitrogen and oxygen atoms in total. The first kappa shape index (κ1) is 24.9. The van der Waals surface area contributed by atoms with Gasteiger partial charge in [-0.2, -0.15) is 0 Å². The van der Waals surface area contributed by atoms with Gasteiger partial charge in [0.1, 0.15) is 5.75 Å². The summed E-state index contributed by atoms with van der Waals surface area (Å²) in [5.74, 6) is 1.71. The van der Waals surface area contributed by atoms with Crippen LogP contribution < -0.4 is 15.4 Å². The Hall–Kier alpha value is -1.06. The van der Waals surface area contributed by atoms with Crippen LogP contribution >= 0.6 is 24.0 Å². The van der Waals surface area contributed by atoms with Gasteiger partial charge in [0.05, 0.1) is 6.10 Å². The zero-order valence-electron chi connectivity index (χ0n) is 16.7. The molecule has 0 atom stereocenters. The van der Waals surface area contributed by atoms with E-state index in [9.17, 15) is 0 Å². The van der Waals surface area contributed by atoms with Gasteiger partial charge in [0.15, 0.2) is 5.96 Å². The molecule has 26 heavy (non-hydrogen) atoms. The Morgan fingerprint density at radius 2 is 1.85 bits per heavy atom. The monoisotopic (exact) mass is 478 g/mol. The van der Waals surface area contributed by atoms with Gasteiger partial charge in [-0.3, -0.25) is 4.99 Å². The highest BCUT2D eigenvalue weighted by Crippen LogP contribution is 2.13. The fourth-order valence-electron chi connectivity index (χ4n) is 2.32. The average molecular weight is 478 g/mol. The van der Waals surface area contributed by atoms with Gasteiger partial charge in [-0.15, -0.1) is 24.0 Å². The lowest BCUT2D eigenvalue weighted by atomic mass is 10.2. The molecule has 150 valence electrons. The van der Waals surface area contributed by atoms with Crippen molar-refractivity contribution in [1.29, 1.82) is 0 Å². The molecule has 0 aliphatic heterocycles. The van der Waals surface area contributed by atoms with E-state index in [4.69, 9.17) is 9.47 Å². The van der Waals surface area contributed by atoms with Crippen molar-refractivity contribution in [3.8, 4) is 5.75 Å². The molecule has 0 aliphatic carbocycles. The van der Waals surface area contributed by atoms with E-state index in [0.717, 1.165) is 50.9 Å². The molecule has 1 aromatic carbocycles. The molecule has 0 amide bonds. The molecule has 7 heteroatoms. The molecule has 0 fully saturated rings. The Labute approximate surface area is 175 Å². The highest BCUT2D eigenvalue weighted by Gasteiger charge is 2.02. The van der Waals surface area contributed by atoms with E-state index in [2.05, 4.69) is 39.7 Å². The second-order valence-corrected chi connectivity index (χ2v) is 6.31. The van der Waals surface area contributed by atoms with E-state index < -0.39 is 0 Å². The van der Waals surface area contributed by atoms with Crippen LogP contribution in [0.2, 0.25) is 0 Å². The van der Waals surface area contributed by atoms with Gasteiger partial charge >= 0.3 is 0 Å². The first-order chi connectivity index (χ1) is 12.0. The summed E-state index contributed by atoms with van der Waals surface area (Å²) in [6, 6.07) is 8.15. The highest BCUT2D eigenvalue weighted by molar-refractivity contribution is 14.0. The number of hydrogen-bond acceptors (Lipinski definition) is 4. The van der Waals surface area contributed by atoms with Gasteiger partial charge in [-0.25, -0.2) is 0 Å². The quantitative estimate of drug-likeness (QED) is 0.222. The van der Waals surface area contributed by atoms with E-state index >= 15 is 0 Å². The number of aliphatic imine (C=N–C) groups is 1. The van der Waals surface area contributed by atoms with Crippen LogP contribution in [0, 0.1) is 0 Å². The van der Waals surface area contributed by atoms with Crippen molar-refractivity contribution >= 4 is 29.9 Å². The minimum atomic E-state index is 0. The number of guanidine groups is 1. The van der Waals surface area contributed by atoms with E-state index in [-0.39, 0.29) is 30.1 Å². The third-order valence-electron chi connectivity index (χ3n) is 3.65. The summed E-state index contributed by atoms with van der Waals surface area (Å²) in [5.41, 5.74) is 1.19. The summed E-state index contributed by atoms with van der Waals surface area (Å²) in [7, 11) is 5.65. The van der Waals surface area contributed by atoms with Crippen molar-refractivity contribution in [3.63, 3.8) is 0 Å². The molecule has 0 saturated carbocycles. The minimum Gasteiger partial charge on any atom is -0.491 e. The van der Waals surface area contributed by atoms with Gasteiger partial charge in [0.25, 0.3) is 0 Å². The standard InChI is InChI=1S/C19H34N4O2.HI/c1-16(2)25-18-9-7-17(8-10-18)15-22-19(20-3)21-11-13-23(4)12-6-14-24-5;/h7-10,16H,6,11-15H2,1-5H3,(H2,20,21,22);1H. The lowest BCUT2D eigenvalue weighted by molar-refractivity contribution is 0.180. The molecule has 0 saturated heterocycles. The average Bonchev–Trinajstić information content (AvgIpc) is 2.59. The fraction of sp³-hybridized carbons (Fsp3) is 0.632. The van der Waals surface area contributed by atoms with Gasteiger partial charge in [0, 0.05) is 46.9 Å². The van der Waals surface area contributed by atoms with Crippen molar-refractivity contribution in [1.82, 2.24) is 15.5 Å². The van der Waals surface area contributed by atoms with Gasteiger partial charge in [0.2, 0.25) is 0 Å². The molecule has 0 aromatic heterocycles. The lowest BCUT2D eigenvalue weighted by Crippen LogP contribution is -2.40. The van der Waals surface area contributed by atoms with Crippen molar-refractivity contribution in [2.75, 3.05) is 47.4 Å². The summed E-state index contributed by atoms with van der Waals surface area (Å²) in [4.78, 5) is 6.55. The maximum absolute atomic E-state index is 5.66. The second-order valence-electron chi connectivity index (χ2n) is 6.31. The van der Waals surface area contributed by atoms with Crippen LogP contribution in [-0.4, -0.2) is 64.4 Å². The van der Waals surface area contributed by atoms with Gasteiger partial charge in [-0.05, 0) is 45.0 Å². The summed E-state index contributed by atoms with van der Waals surface area (Å²) in [6.07, 6.45) is 1.25. The number of nitrogens with one attached hydrogen (secondary N) is 2. The van der Waals surface area contributed by atoms with E-state index in [1.807, 2.05) is 26.0 Å². The number of hydrogen-bond donors (Lipinski definition) is 2. The SMILES string of the molecule is CN=C(NCCN(C)CCCOC)NCc1ccc(OC(C)C)cc1.I. The number of halogens is 1. The number of likely N-dealkylation sites (N-methyl/N-ethyl adjacent to an activating group) is 1. The number of methoxy groups -OCH3 is 1.